The number of aromatic hydroxyl groups is 1. The zero-order valence-corrected chi connectivity index (χ0v) is 13.5. The van der Waals surface area contributed by atoms with E-state index in [4.69, 9.17) is 0 Å². The normalized spacial score (nSPS) is 11.7. The predicted octanol–water partition coefficient (Wildman–Crippen LogP) is 3.62. The van der Waals surface area contributed by atoms with Crippen LogP contribution in [0, 0.1) is 6.92 Å². The van der Waals surface area contributed by atoms with Crippen molar-refractivity contribution in [2.75, 3.05) is 0 Å². The van der Waals surface area contributed by atoms with E-state index in [2.05, 4.69) is 6.58 Å². The summed E-state index contributed by atoms with van der Waals surface area (Å²) in [7, 11) is -3.70. The van der Waals surface area contributed by atoms with Crippen molar-refractivity contribution < 1.29 is 13.5 Å². The summed E-state index contributed by atoms with van der Waals surface area (Å²) in [5, 5.41) is 10.8. The number of hydrogen-bond donors (Lipinski definition) is 1. The van der Waals surface area contributed by atoms with Crippen LogP contribution in [-0.4, -0.2) is 17.5 Å². The SMILES string of the molecule is C=CCc1ccc2c(ccn2S(=O)(=O)c2ccc(C)cc2)c1O. The average Bonchev–Trinajstić information content (AvgIpc) is 2.96. The lowest BCUT2D eigenvalue weighted by atomic mass is 10.1. The number of hydrogen-bond acceptors (Lipinski definition) is 3. The van der Waals surface area contributed by atoms with E-state index in [1.54, 1.807) is 48.5 Å². The standard InChI is InChI=1S/C18H17NO3S/c1-3-4-14-7-10-17-16(18(14)20)11-12-19(17)23(21,22)15-8-5-13(2)6-9-15/h3,5-12,20H,1,4H2,2H3. The topological polar surface area (TPSA) is 59.3 Å². The lowest BCUT2D eigenvalue weighted by Gasteiger charge is -2.09. The van der Waals surface area contributed by atoms with Crippen LogP contribution in [0.15, 0.2) is 66.2 Å². The first kappa shape index (κ1) is 15.4. The fourth-order valence-corrected chi connectivity index (χ4v) is 3.92. The molecular formula is C18H17NO3S. The number of phenolic OH excluding ortho intramolecular Hbond substituents is 1. The smallest absolute Gasteiger partial charge is 0.268 e. The van der Waals surface area contributed by atoms with Gasteiger partial charge in [-0.3, -0.25) is 0 Å². The van der Waals surface area contributed by atoms with Gasteiger partial charge in [0.1, 0.15) is 5.75 Å². The molecule has 0 radical (unpaired) electrons. The Morgan fingerprint density at radius 2 is 1.83 bits per heavy atom. The first-order valence-electron chi connectivity index (χ1n) is 7.20. The van der Waals surface area contributed by atoms with Crippen molar-refractivity contribution in [3.8, 4) is 5.75 Å². The third-order valence-corrected chi connectivity index (χ3v) is 5.54. The van der Waals surface area contributed by atoms with Gasteiger partial charge in [0, 0.05) is 11.6 Å². The molecule has 2 aromatic carbocycles. The zero-order chi connectivity index (χ0) is 16.6. The largest absolute Gasteiger partial charge is 0.507 e. The molecule has 0 bridgehead atoms. The maximum absolute atomic E-state index is 12.8. The highest BCUT2D eigenvalue weighted by molar-refractivity contribution is 7.90. The first-order valence-corrected chi connectivity index (χ1v) is 8.64. The molecule has 0 aliphatic rings. The van der Waals surface area contributed by atoms with Crippen LogP contribution in [0.3, 0.4) is 0 Å². The van der Waals surface area contributed by atoms with E-state index in [1.807, 2.05) is 6.92 Å². The molecule has 1 heterocycles. The highest BCUT2D eigenvalue weighted by Crippen LogP contribution is 2.32. The van der Waals surface area contributed by atoms with Crippen molar-refractivity contribution in [3.63, 3.8) is 0 Å². The molecule has 0 atom stereocenters. The van der Waals surface area contributed by atoms with E-state index in [0.717, 1.165) is 11.1 Å². The maximum Gasteiger partial charge on any atom is 0.268 e. The molecule has 1 N–H and O–H groups in total. The minimum Gasteiger partial charge on any atom is -0.507 e. The second-order valence-corrected chi connectivity index (χ2v) is 7.24. The van der Waals surface area contributed by atoms with E-state index >= 15 is 0 Å². The highest BCUT2D eigenvalue weighted by Gasteiger charge is 2.20. The Balaban J connectivity index is 2.19. The van der Waals surface area contributed by atoms with Crippen LogP contribution in [0.5, 0.6) is 5.75 Å². The summed E-state index contributed by atoms with van der Waals surface area (Å²) in [4.78, 5) is 0.218. The molecule has 0 saturated heterocycles. The average molecular weight is 327 g/mol. The Bertz CT molecular complexity index is 983. The Hall–Kier alpha value is -2.53. The summed E-state index contributed by atoms with van der Waals surface area (Å²) in [6.45, 7) is 5.56. The molecule has 3 rings (SSSR count). The molecule has 0 spiro atoms. The van der Waals surface area contributed by atoms with E-state index < -0.39 is 10.0 Å². The number of phenols is 1. The summed E-state index contributed by atoms with van der Waals surface area (Å²) >= 11 is 0. The molecule has 4 nitrogen and oxygen atoms in total. The van der Waals surface area contributed by atoms with Crippen LogP contribution in [0.1, 0.15) is 11.1 Å². The summed E-state index contributed by atoms with van der Waals surface area (Å²) in [6, 6.07) is 11.7. The van der Waals surface area contributed by atoms with Gasteiger partial charge in [0.15, 0.2) is 0 Å². The van der Waals surface area contributed by atoms with Crippen molar-refractivity contribution in [1.29, 1.82) is 0 Å². The quantitative estimate of drug-likeness (QED) is 0.745. The number of nitrogens with zero attached hydrogens (tertiary/aromatic N) is 1. The van der Waals surface area contributed by atoms with Crippen molar-refractivity contribution in [2.24, 2.45) is 0 Å². The van der Waals surface area contributed by atoms with Gasteiger partial charge >= 0.3 is 0 Å². The van der Waals surface area contributed by atoms with Gasteiger partial charge in [-0.25, -0.2) is 12.4 Å². The van der Waals surface area contributed by atoms with E-state index in [0.29, 0.717) is 17.3 Å². The van der Waals surface area contributed by atoms with Crippen molar-refractivity contribution in [3.05, 3.63) is 72.4 Å². The molecule has 0 aliphatic heterocycles. The number of rotatable bonds is 4. The number of allylic oxidation sites excluding steroid dienone is 1. The molecule has 0 saturated carbocycles. The van der Waals surface area contributed by atoms with Gasteiger partial charge < -0.3 is 5.11 Å². The van der Waals surface area contributed by atoms with Crippen LogP contribution < -0.4 is 0 Å². The summed E-state index contributed by atoms with van der Waals surface area (Å²) in [5.74, 6) is 0.0975. The second kappa shape index (κ2) is 5.59. The van der Waals surface area contributed by atoms with Gasteiger partial charge in [-0.1, -0.05) is 29.8 Å². The Kier molecular flexibility index (Phi) is 3.74. The van der Waals surface area contributed by atoms with Gasteiger partial charge in [-0.15, -0.1) is 6.58 Å². The summed E-state index contributed by atoms with van der Waals surface area (Å²) < 4.78 is 26.8. The van der Waals surface area contributed by atoms with Crippen LogP contribution in [0.25, 0.3) is 10.9 Å². The second-order valence-electron chi connectivity index (χ2n) is 5.43. The van der Waals surface area contributed by atoms with Crippen LogP contribution in [0.4, 0.5) is 0 Å². The molecule has 3 aromatic rings. The maximum atomic E-state index is 12.8. The Morgan fingerprint density at radius 3 is 2.48 bits per heavy atom. The van der Waals surface area contributed by atoms with Gasteiger partial charge in [-0.05, 0) is 43.2 Å². The van der Waals surface area contributed by atoms with E-state index in [9.17, 15) is 13.5 Å². The molecule has 118 valence electrons. The summed E-state index contributed by atoms with van der Waals surface area (Å²) in [5.41, 5.74) is 2.17. The Morgan fingerprint density at radius 1 is 1.13 bits per heavy atom. The lowest BCUT2D eigenvalue weighted by Crippen LogP contribution is -2.11. The third kappa shape index (κ3) is 2.53. The molecule has 0 fully saturated rings. The molecule has 1 aromatic heterocycles. The van der Waals surface area contributed by atoms with Gasteiger partial charge in [-0.2, -0.15) is 0 Å². The molecular weight excluding hydrogens is 310 g/mol. The fourth-order valence-electron chi connectivity index (χ4n) is 2.58. The van der Waals surface area contributed by atoms with E-state index in [1.165, 1.54) is 10.2 Å². The number of aromatic nitrogens is 1. The van der Waals surface area contributed by atoms with Gasteiger partial charge in [0.25, 0.3) is 10.0 Å². The monoisotopic (exact) mass is 327 g/mol. The minimum absolute atomic E-state index is 0.0975. The molecule has 0 aliphatic carbocycles. The molecule has 23 heavy (non-hydrogen) atoms. The van der Waals surface area contributed by atoms with Crippen molar-refractivity contribution >= 4 is 20.9 Å². The lowest BCUT2D eigenvalue weighted by molar-refractivity contribution is 0.476. The molecule has 5 heteroatoms. The highest BCUT2D eigenvalue weighted by atomic mass is 32.2. The summed E-state index contributed by atoms with van der Waals surface area (Å²) in [6.07, 6.45) is 3.69. The van der Waals surface area contributed by atoms with Gasteiger partial charge in [0.05, 0.1) is 10.4 Å². The van der Waals surface area contributed by atoms with Gasteiger partial charge in [0.2, 0.25) is 0 Å². The minimum atomic E-state index is -3.70. The van der Waals surface area contributed by atoms with Crippen molar-refractivity contribution in [2.45, 2.75) is 18.2 Å². The molecule has 0 amide bonds. The Labute approximate surface area is 135 Å². The number of fused-ring (bicyclic) bond motifs is 1. The zero-order valence-electron chi connectivity index (χ0n) is 12.7. The predicted molar refractivity (Wildman–Crippen MR) is 91.3 cm³/mol. The molecule has 0 unspecified atom stereocenters. The number of benzene rings is 2. The van der Waals surface area contributed by atoms with Crippen LogP contribution in [-0.2, 0) is 16.4 Å². The van der Waals surface area contributed by atoms with Crippen molar-refractivity contribution in [1.82, 2.24) is 3.97 Å². The third-order valence-electron chi connectivity index (χ3n) is 3.83. The number of aryl methyl sites for hydroxylation is 1. The van der Waals surface area contributed by atoms with E-state index in [-0.39, 0.29) is 10.6 Å². The van der Waals surface area contributed by atoms with Crippen LogP contribution >= 0.6 is 0 Å². The van der Waals surface area contributed by atoms with Crippen LogP contribution in [0.2, 0.25) is 0 Å². The first-order chi connectivity index (χ1) is 10.9. The fraction of sp³-hybridized carbons (Fsp3) is 0.111.